The third-order valence-corrected chi connectivity index (χ3v) is 4.81. The highest BCUT2D eigenvalue weighted by molar-refractivity contribution is 5.77. The molecule has 0 saturated carbocycles. The Labute approximate surface area is 160 Å². The standard InChI is InChI=1S/C22H27NO4/c1-22(2)14-19(18-11-10-17(26-4)13-20(18)27-22)23-21(24)12-7-15-5-8-16(25-3)9-6-15/h5-6,8-11,13,19H,7,12,14H2,1-4H3,(H,23,24)/t19-/m1/s1. The highest BCUT2D eigenvalue weighted by atomic mass is 16.5. The van der Waals surface area contributed by atoms with Crippen LogP contribution in [0.1, 0.15) is 43.9 Å². The van der Waals surface area contributed by atoms with Gasteiger partial charge in [0.15, 0.2) is 0 Å². The number of carbonyl (C=O) groups excluding carboxylic acids is 1. The molecular formula is C22H27NO4. The van der Waals surface area contributed by atoms with E-state index in [1.165, 1.54) is 0 Å². The highest BCUT2D eigenvalue weighted by Gasteiger charge is 2.34. The molecule has 0 spiro atoms. The second-order valence-corrected chi connectivity index (χ2v) is 7.44. The zero-order valence-electron chi connectivity index (χ0n) is 16.4. The lowest BCUT2D eigenvalue weighted by molar-refractivity contribution is -0.122. The van der Waals surface area contributed by atoms with E-state index in [9.17, 15) is 4.79 Å². The van der Waals surface area contributed by atoms with Crippen molar-refractivity contribution in [3.05, 3.63) is 53.6 Å². The monoisotopic (exact) mass is 369 g/mol. The van der Waals surface area contributed by atoms with Crippen molar-refractivity contribution in [1.29, 1.82) is 0 Å². The van der Waals surface area contributed by atoms with Crippen LogP contribution in [0.2, 0.25) is 0 Å². The summed E-state index contributed by atoms with van der Waals surface area (Å²) < 4.78 is 16.5. The van der Waals surface area contributed by atoms with Gasteiger partial charge in [0.05, 0.1) is 20.3 Å². The number of fused-ring (bicyclic) bond motifs is 1. The first kappa shape index (κ1) is 19.1. The van der Waals surface area contributed by atoms with E-state index < -0.39 is 0 Å². The first-order chi connectivity index (χ1) is 12.9. The van der Waals surface area contributed by atoms with E-state index in [-0.39, 0.29) is 17.6 Å². The van der Waals surface area contributed by atoms with Crippen molar-refractivity contribution in [3.63, 3.8) is 0 Å². The van der Waals surface area contributed by atoms with Gasteiger partial charge >= 0.3 is 0 Å². The first-order valence-electron chi connectivity index (χ1n) is 9.19. The zero-order valence-corrected chi connectivity index (χ0v) is 16.4. The van der Waals surface area contributed by atoms with Gasteiger partial charge in [-0.3, -0.25) is 4.79 Å². The van der Waals surface area contributed by atoms with Crippen molar-refractivity contribution in [3.8, 4) is 17.2 Å². The number of amides is 1. The zero-order chi connectivity index (χ0) is 19.4. The summed E-state index contributed by atoms with van der Waals surface area (Å²) in [5.41, 5.74) is 1.75. The molecule has 0 saturated heterocycles. The molecular weight excluding hydrogens is 342 g/mol. The molecule has 0 unspecified atom stereocenters. The van der Waals surface area contributed by atoms with Gasteiger partial charge in [0.25, 0.3) is 0 Å². The van der Waals surface area contributed by atoms with Gasteiger partial charge in [-0.1, -0.05) is 12.1 Å². The van der Waals surface area contributed by atoms with E-state index in [4.69, 9.17) is 14.2 Å². The van der Waals surface area contributed by atoms with Gasteiger partial charge in [-0.15, -0.1) is 0 Å². The fourth-order valence-electron chi connectivity index (χ4n) is 3.40. The Hall–Kier alpha value is -2.69. The Kier molecular flexibility index (Phi) is 5.59. The van der Waals surface area contributed by atoms with Crippen LogP contribution in [0.15, 0.2) is 42.5 Å². The summed E-state index contributed by atoms with van der Waals surface area (Å²) in [6.45, 7) is 4.07. The first-order valence-corrected chi connectivity index (χ1v) is 9.19. The molecule has 1 aliphatic heterocycles. The minimum absolute atomic E-state index is 0.0373. The topological polar surface area (TPSA) is 56.8 Å². The SMILES string of the molecule is COc1ccc(CCC(=O)N[C@@H]2CC(C)(C)Oc3cc(OC)ccc32)cc1. The summed E-state index contributed by atoms with van der Waals surface area (Å²) in [6.07, 6.45) is 1.86. The van der Waals surface area contributed by atoms with E-state index in [2.05, 4.69) is 5.32 Å². The van der Waals surface area contributed by atoms with Crippen LogP contribution in [0.4, 0.5) is 0 Å². The fraction of sp³-hybridized carbons (Fsp3) is 0.409. The number of nitrogens with one attached hydrogen (secondary N) is 1. The summed E-state index contributed by atoms with van der Waals surface area (Å²) >= 11 is 0. The third kappa shape index (κ3) is 4.73. The molecule has 1 aliphatic rings. The molecule has 3 rings (SSSR count). The number of rotatable bonds is 6. The Morgan fingerprint density at radius 2 is 1.78 bits per heavy atom. The molecule has 144 valence electrons. The second kappa shape index (κ2) is 7.91. The van der Waals surface area contributed by atoms with Gasteiger partial charge in [0, 0.05) is 24.5 Å². The second-order valence-electron chi connectivity index (χ2n) is 7.44. The lowest BCUT2D eigenvalue weighted by Gasteiger charge is -2.38. The molecule has 2 aromatic carbocycles. The largest absolute Gasteiger partial charge is 0.497 e. The average Bonchev–Trinajstić information content (AvgIpc) is 2.65. The summed E-state index contributed by atoms with van der Waals surface area (Å²) in [5, 5.41) is 3.18. The van der Waals surface area contributed by atoms with Crippen LogP contribution in [-0.2, 0) is 11.2 Å². The van der Waals surface area contributed by atoms with Crippen molar-refractivity contribution in [1.82, 2.24) is 5.32 Å². The molecule has 1 N–H and O–H groups in total. The molecule has 1 atom stereocenters. The minimum Gasteiger partial charge on any atom is -0.497 e. The molecule has 1 amide bonds. The Morgan fingerprint density at radius 1 is 1.11 bits per heavy atom. The van der Waals surface area contributed by atoms with Crippen molar-refractivity contribution >= 4 is 5.91 Å². The number of hydrogen-bond donors (Lipinski definition) is 1. The molecule has 0 bridgehead atoms. The van der Waals surface area contributed by atoms with Gasteiger partial charge < -0.3 is 19.5 Å². The minimum atomic E-state index is -0.354. The van der Waals surface area contributed by atoms with E-state index in [1.807, 2.05) is 56.3 Å². The van der Waals surface area contributed by atoms with Crippen molar-refractivity contribution in [2.45, 2.75) is 44.8 Å². The molecule has 2 aromatic rings. The number of ether oxygens (including phenoxy) is 3. The molecule has 0 aromatic heterocycles. The fourth-order valence-corrected chi connectivity index (χ4v) is 3.40. The summed E-state index contributed by atoms with van der Waals surface area (Å²) in [5.74, 6) is 2.37. The van der Waals surface area contributed by atoms with Crippen LogP contribution < -0.4 is 19.5 Å². The molecule has 0 fully saturated rings. The quantitative estimate of drug-likeness (QED) is 0.834. The Bertz CT molecular complexity index is 798. The summed E-state index contributed by atoms with van der Waals surface area (Å²) in [6, 6.07) is 13.5. The van der Waals surface area contributed by atoms with Gasteiger partial charge in [-0.2, -0.15) is 0 Å². The van der Waals surface area contributed by atoms with Crippen molar-refractivity contribution in [2.24, 2.45) is 0 Å². The van der Waals surface area contributed by atoms with Crippen molar-refractivity contribution in [2.75, 3.05) is 14.2 Å². The van der Waals surface area contributed by atoms with Crippen LogP contribution in [0.25, 0.3) is 0 Å². The van der Waals surface area contributed by atoms with Gasteiger partial charge in [-0.05, 0) is 50.1 Å². The molecule has 1 heterocycles. The summed E-state index contributed by atoms with van der Waals surface area (Å²) in [4.78, 5) is 12.6. The highest BCUT2D eigenvalue weighted by Crippen LogP contribution is 2.41. The smallest absolute Gasteiger partial charge is 0.220 e. The maximum atomic E-state index is 12.6. The lowest BCUT2D eigenvalue weighted by Crippen LogP contribution is -2.41. The number of carbonyl (C=O) groups is 1. The predicted octanol–water partition coefficient (Wildman–Crippen LogP) is 4.06. The predicted molar refractivity (Wildman–Crippen MR) is 105 cm³/mol. The van der Waals surface area contributed by atoms with E-state index in [0.29, 0.717) is 12.8 Å². The van der Waals surface area contributed by atoms with Gasteiger partial charge in [-0.25, -0.2) is 0 Å². The number of methoxy groups -OCH3 is 2. The van der Waals surface area contributed by atoms with Crippen LogP contribution in [-0.4, -0.2) is 25.7 Å². The van der Waals surface area contributed by atoms with Gasteiger partial charge in [0.2, 0.25) is 5.91 Å². The maximum absolute atomic E-state index is 12.6. The van der Waals surface area contributed by atoms with Crippen LogP contribution >= 0.6 is 0 Å². The number of hydrogen-bond acceptors (Lipinski definition) is 4. The number of benzene rings is 2. The van der Waals surface area contributed by atoms with Crippen molar-refractivity contribution < 1.29 is 19.0 Å². The lowest BCUT2D eigenvalue weighted by atomic mass is 9.89. The van der Waals surface area contributed by atoms with Crippen LogP contribution in [0.5, 0.6) is 17.2 Å². The average molecular weight is 369 g/mol. The van der Waals surface area contributed by atoms with Crippen LogP contribution in [0, 0.1) is 0 Å². The number of aryl methyl sites for hydroxylation is 1. The Morgan fingerprint density at radius 3 is 2.44 bits per heavy atom. The normalized spacial score (nSPS) is 17.4. The van der Waals surface area contributed by atoms with Crippen LogP contribution in [0.3, 0.4) is 0 Å². The molecule has 5 nitrogen and oxygen atoms in total. The molecule has 27 heavy (non-hydrogen) atoms. The van der Waals surface area contributed by atoms with E-state index >= 15 is 0 Å². The molecule has 5 heteroatoms. The van der Waals surface area contributed by atoms with Gasteiger partial charge in [0.1, 0.15) is 22.8 Å². The summed E-state index contributed by atoms with van der Waals surface area (Å²) in [7, 11) is 3.28. The Balaban J connectivity index is 1.66. The maximum Gasteiger partial charge on any atom is 0.220 e. The van der Waals surface area contributed by atoms with E-state index in [0.717, 1.165) is 34.8 Å². The van der Waals surface area contributed by atoms with E-state index in [1.54, 1.807) is 14.2 Å². The molecule has 0 radical (unpaired) electrons. The third-order valence-electron chi connectivity index (χ3n) is 4.81. The molecule has 0 aliphatic carbocycles.